The van der Waals surface area contributed by atoms with Crippen molar-refractivity contribution >= 4 is 18.0 Å². The van der Waals surface area contributed by atoms with Crippen LogP contribution in [-0.2, 0) is 20.7 Å². The quantitative estimate of drug-likeness (QED) is 0.517. The van der Waals surface area contributed by atoms with Crippen molar-refractivity contribution in [3.63, 3.8) is 0 Å². The van der Waals surface area contributed by atoms with E-state index in [0.717, 1.165) is 5.56 Å². The van der Waals surface area contributed by atoms with Gasteiger partial charge in [-0.3, -0.25) is 9.59 Å². The molecule has 0 bridgehead atoms. The van der Waals surface area contributed by atoms with Crippen molar-refractivity contribution in [3.05, 3.63) is 35.9 Å². The van der Waals surface area contributed by atoms with E-state index in [9.17, 15) is 14.4 Å². The molecule has 2 amide bonds. The minimum Gasteiger partial charge on any atom is -0.481 e. The molecule has 0 aromatic heterocycles. The molecule has 0 radical (unpaired) electrons. The molecule has 0 saturated heterocycles. The first-order chi connectivity index (χ1) is 12.1. The van der Waals surface area contributed by atoms with E-state index in [0.29, 0.717) is 6.42 Å². The number of rotatable bonds is 9. The van der Waals surface area contributed by atoms with E-state index in [1.165, 1.54) is 0 Å². The van der Waals surface area contributed by atoms with E-state index in [4.69, 9.17) is 15.6 Å². The van der Waals surface area contributed by atoms with Gasteiger partial charge in [-0.15, -0.1) is 0 Å². The number of aliphatic carboxylic acids is 1. The van der Waals surface area contributed by atoms with Crippen LogP contribution < -0.4 is 16.4 Å². The third kappa shape index (κ3) is 9.03. The molecule has 144 valence electrons. The van der Waals surface area contributed by atoms with Crippen molar-refractivity contribution in [2.75, 3.05) is 6.54 Å². The first-order valence-electron chi connectivity index (χ1n) is 8.35. The number of nitrogens with two attached hydrogens (primary N) is 1. The number of hydrogen-bond acceptors (Lipinski definition) is 5. The van der Waals surface area contributed by atoms with E-state index < -0.39 is 35.7 Å². The fourth-order valence-electron chi connectivity index (χ4n) is 2.27. The molecule has 0 spiro atoms. The second-order valence-corrected chi connectivity index (χ2v) is 6.99. The van der Waals surface area contributed by atoms with Crippen molar-refractivity contribution in [2.24, 2.45) is 5.73 Å². The summed E-state index contributed by atoms with van der Waals surface area (Å²) < 4.78 is 5.14. The third-order valence-corrected chi connectivity index (χ3v) is 3.38. The lowest BCUT2D eigenvalue weighted by atomic mass is 10.0. The van der Waals surface area contributed by atoms with Gasteiger partial charge >= 0.3 is 12.1 Å². The molecule has 8 heteroatoms. The SMILES string of the molecule is CC(C)(C)OC(=O)N[C@@H](CN[C@@H](Cc1ccccc1)C(N)=O)CC(=O)O. The predicted molar refractivity (Wildman–Crippen MR) is 96.5 cm³/mol. The molecular weight excluding hydrogens is 338 g/mol. The Balaban J connectivity index is 2.68. The zero-order valence-corrected chi connectivity index (χ0v) is 15.3. The van der Waals surface area contributed by atoms with E-state index in [1.54, 1.807) is 20.8 Å². The number of amides is 2. The van der Waals surface area contributed by atoms with E-state index in [1.807, 2.05) is 30.3 Å². The molecule has 26 heavy (non-hydrogen) atoms. The number of ether oxygens (including phenoxy) is 1. The Kier molecular flexibility index (Phi) is 8.05. The molecule has 8 nitrogen and oxygen atoms in total. The van der Waals surface area contributed by atoms with Gasteiger partial charge in [-0.1, -0.05) is 30.3 Å². The molecule has 0 fully saturated rings. The lowest BCUT2D eigenvalue weighted by Gasteiger charge is -2.24. The summed E-state index contributed by atoms with van der Waals surface area (Å²) in [5, 5.41) is 14.5. The lowest BCUT2D eigenvalue weighted by Crippen LogP contribution is -2.51. The Morgan fingerprint density at radius 2 is 1.81 bits per heavy atom. The van der Waals surface area contributed by atoms with Crippen LogP contribution in [0.2, 0.25) is 0 Å². The van der Waals surface area contributed by atoms with Crippen LogP contribution in [0.25, 0.3) is 0 Å². The van der Waals surface area contributed by atoms with Gasteiger partial charge in [-0.25, -0.2) is 4.79 Å². The number of benzene rings is 1. The molecular formula is C18H27N3O5. The summed E-state index contributed by atoms with van der Waals surface area (Å²) in [5.74, 6) is -1.63. The summed E-state index contributed by atoms with van der Waals surface area (Å²) in [4.78, 5) is 34.6. The summed E-state index contributed by atoms with van der Waals surface area (Å²) >= 11 is 0. The summed E-state index contributed by atoms with van der Waals surface area (Å²) in [6, 6.07) is 7.87. The highest BCUT2D eigenvalue weighted by Gasteiger charge is 2.23. The second kappa shape index (κ2) is 9.76. The molecule has 0 aliphatic rings. The molecule has 2 atom stereocenters. The van der Waals surface area contributed by atoms with Crippen LogP contribution >= 0.6 is 0 Å². The number of carbonyl (C=O) groups excluding carboxylic acids is 2. The normalized spacial score (nSPS) is 13.5. The van der Waals surface area contributed by atoms with Crippen LogP contribution in [0.5, 0.6) is 0 Å². The number of nitrogens with one attached hydrogen (secondary N) is 2. The first kappa shape index (κ1) is 21.4. The van der Waals surface area contributed by atoms with Crippen LogP contribution in [0.3, 0.4) is 0 Å². The number of carboxylic acids is 1. The maximum atomic E-state index is 11.9. The average Bonchev–Trinajstić information content (AvgIpc) is 2.49. The number of primary amides is 1. The monoisotopic (exact) mass is 365 g/mol. The second-order valence-electron chi connectivity index (χ2n) is 6.99. The maximum absolute atomic E-state index is 11.9. The average molecular weight is 365 g/mol. The third-order valence-electron chi connectivity index (χ3n) is 3.38. The topological polar surface area (TPSA) is 131 Å². The largest absolute Gasteiger partial charge is 0.481 e. The van der Waals surface area contributed by atoms with Gasteiger partial charge in [-0.05, 0) is 32.8 Å². The zero-order valence-electron chi connectivity index (χ0n) is 15.3. The van der Waals surface area contributed by atoms with Gasteiger partial charge in [0.25, 0.3) is 0 Å². The molecule has 0 heterocycles. The summed E-state index contributed by atoms with van der Waals surface area (Å²) in [6.45, 7) is 5.19. The van der Waals surface area contributed by atoms with Crippen LogP contribution in [0.4, 0.5) is 4.79 Å². The van der Waals surface area contributed by atoms with Crippen molar-refractivity contribution in [3.8, 4) is 0 Å². The van der Waals surface area contributed by atoms with Crippen molar-refractivity contribution in [2.45, 2.75) is 51.3 Å². The molecule has 5 N–H and O–H groups in total. The van der Waals surface area contributed by atoms with Gasteiger partial charge < -0.3 is 26.2 Å². The highest BCUT2D eigenvalue weighted by atomic mass is 16.6. The van der Waals surface area contributed by atoms with Gasteiger partial charge in [0.1, 0.15) is 5.60 Å². The number of carbonyl (C=O) groups is 3. The molecule has 1 aromatic carbocycles. The molecule has 0 unspecified atom stereocenters. The Labute approximate surface area is 153 Å². The highest BCUT2D eigenvalue weighted by molar-refractivity contribution is 5.80. The standard InChI is InChI=1S/C18H27N3O5/c1-18(2,3)26-17(25)21-13(10-15(22)23)11-20-14(16(19)24)9-12-7-5-4-6-8-12/h4-8,13-14,20H,9-11H2,1-3H3,(H2,19,24)(H,21,25)(H,22,23)/t13-,14+/m1/s1. The molecule has 0 aliphatic heterocycles. The molecule has 0 aliphatic carbocycles. The molecule has 1 rings (SSSR count). The van der Waals surface area contributed by atoms with Crippen LogP contribution in [0, 0.1) is 0 Å². The number of carboxylic acid groups (broad SMARTS) is 1. The van der Waals surface area contributed by atoms with Crippen molar-refractivity contribution in [1.29, 1.82) is 0 Å². The zero-order chi connectivity index (χ0) is 19.7. The summed E-state index contributed by atoms with van der Waals surface area (Å²) in [7, 11) is 0. The summed E-state index contributed by atoms with van der Waals surface area (Å²) in [6.07, 6.45) is -0.671. The fraction of sp³-hybridized carbons (Fsp3) is 0.500. The van der Waals surface area contributed by atoms with E-state index in [-0.39, 0.29) is 13.0 Å². The van der Waals surface area contributed by atoms with Gasteiger partial charge in [0, 0.05) is 6.54 Å². The number of alkyl carbamates (subject to hydrolysis) is 1. The van der Waals surface area contributed by atoms with Gasteiger partial charge in [-0.2, -0.15) is 0 Å². The predicted octanol–water partition coefficient (Wildman–Crippen LogP) is 1.04. The molecule has 0 saturated carbocycles. The smallest absolute Gasteiger partial charge is 0.407 e. The van der Waals surface area contributed by atoms with Crippen LogP contribution in [0.15, 0.2) is 30.3 Å². The van der Waals surface area contributed by atoms with Gasteiger partial charge in [0.15, 0.2) is 0 Å². The maximum Gasteiger partial charge on any atom is 0.407 e. The van der Waals surface area contributed by atoms with Gasteiger partial charge in [0.2, 0.25) is 5.91 Å². The Morgan fingerprint density at radius 1 is 1.19 bits per heavy atom. The van der Waals surface area contributed by atoms with Crippen molar-refractivity contribution < 1.29 is 24.2 Å². The van der Waals surface area contributed by atoms with E-state index in [2.05, 4.69) is 10.6 Å². The number of hydrogen-bond donors (Lipinski definition) is 4. The highest BCUT2D eigenvalue weighted by Crippen LogP contribution is 2.08. The Bertz CT molecular complexity index is 613. The minimum absolute atomic E-state index is 0.0615. The lowest BCUT2D eigenvalue weighted by molar-refractivity contribution is -0.137. The Morgan fingerprint density at radius 3 is 2.31 bits per heavy atom. The van der Waals surface area contributed by atoms with Gasteiger partial charge in [0.05, 0.1) is 18.5 Å². The van der Waals surface area contributed by atoms with Crippen molar-refractivity contribution in [1.82, 2.24) is 10.6 Å². The minimum atomic E-state index is -1.08. The fourth-order valence-corrected chi connectivity index (χ4v) is 2.27. The molecule has 1 aromatic rings. The Hall–Kier alpha value is -2.61. The van der Waals surface area contributed by atoms with Crippen LogP contribution in [0.1, 0.15) is 32.8 Å². The van der Waals surface area contributed by atoms with Crippen LogP contribution in [-0.4, -0.2) is 47.3 Å². The summed E-state index contributed by atoms with van der Waals surface area (Å²) in [5.41, 5.74) is 5.64. The van der Waals surface area contributed by atoms with E-state index >= 15 is 0 Å². The first-order valence-corrected chi connectivity index (χ1v) is 8.35.